The molecule has 0 amide bonds. The SMILES string of the molecule is O=C(O)CC1(C(=O)O)C2CCCCC21. The number of hydrogen-bond donors (Lipinski definition) is 2. The summed E-state index contributed by atoms with van der Waals surface area (Å²) in [6, 6.07) is 0. The molecule has 78 valence electrons. The summed E-state index contributed by atoms with van der Waals surface area (Å²) in [5.41, 5.74) is -0.914. The summed E-state index contributed by atoms with van der Waals surface area (Å²) < 4.78 is 0. The highest BCUT2D eigenvalue weighted by Gasteiger charge is 2.70. The van der Waals surface area contributed by atoms with E-state index in [9.17, 15) is 9.59 Å². The fourth-order valence-corrected chi connectivity index (χ4v) is 3.16. The van der Waals surface area contributed by atoms with Gasteiger partial charge in [-0.3, -0.25) is 9.59 Å². The van der Waals surface area contributed by atoms with Gasteiger partial charge in [0.2, 0.25) is 0 Å². The molecule has 0 radical (unpaired) electrons. The molecule has 2 saturated carbocycles. The van der Waals surface area contributed by atoms with Crippen molar-refractivity contribution in [2.45, 2.75) is 32.1 Å². The molecule has 0 heterocycles. The standard InChI is InChI=1S/C10H14O4/c11-8(12)5-10(9(13)14)6-3-1-2-4-7(6)10/h6-7H,1-5H2,(H,11,12)(H,13,14). The minimum absolute atomic E-state index is 0.129. The Bertz CT molecular complexity index is 272. The molecule has 0 aliphatic heterocycles. The van der Waals surface area contributed by atoms with Gasteiger partial charge in [0.15, 0.2) is 0 Å². The number of rotatable bonds is 3. The van der Waals surface area contributed by atoms with E-state index < -0.39 is 17.4 Å². The Balaban J connectivity index is 2.17. The van der Waals surface area contributed by atoms with E-state index in [4.69, 9.17) is 10.2 Å². The first-order valence-corrected chi connectivity index (χ1v) is 5.04. The van der Waals surface area contributed by atoms with Gasteiger partial charge in [-0.25, -0.2) is 0 Å². The van der Waals surface area contributed by atoms with E-state index in [1.54, 1.807) is 0 Å². The van der Waals surface area contributed by atoms with Gasteiger partial charge in [-0.05, 0) is 24.7 Å². The van der Waals surface area contributed by atoms with Crippen LogP contribution in [0.15, 0.2) is 0 Å². The van der Waals surface area contributed by atoms with Crippen molar-refractivity contribution in [1.82, 2.24) is 0 Å². The number of carboxylic acid groups (broad SMARTS) is 2. The highest BCUT2D eigenvalue weighted by molar-refractivity contribution is 5.85. The Morgan fingerprint density at radius 3 is 2.00 bits per heavy atom. The van der Waals surface area contributed by atoms with E-state index >= 15 is 0 Å². The van der Waals surface area contributed by atoms with Crippen molar-refractivity contribution in [3.63, 3.8) is 0 Å². The van der Waals surface area contributed by atoms with E-state index in [1.807, 2.05) is 0 Å². The van der Waals surface area contributed by atoms with Gasteiger partial charge in [0.25, 0.3) is 0 Å². The zero-order valence-electron chi connectivity index (χ0n) is 7.90. The number of carboxylic acids is 2. The Morgan fingerprint density at radius 2 is 1.64 bits per heavy atom. The molecule has 2 fully saturated rings. The molecule has 2 atom stereocenters. The molecule has 0 bridgehead atoms. The van der Waals surface area contributed by atoms with Gasteiger partial charge in [0.1, 0.15) is 0 Å². The first-order chi connectivity index (χ1) is 6.59. The van der Waals surface area contributed by atoms with Gasteiger partial charge in [0.05, 0.1) is 11.8 Å². The Kier molecular flexibility index (Phi) is 2.01. The number of carbonyl (C=O) groups is 2. The van der Waals surface area contributed by atoms with Crippen molar-refractivity contribution >= 4 is 11.9 Å². The molecule has 0 spiro atoms. The lowest BCUT2D eigenvalue weighted by Gasteiger charge is -2.08. The molecule has 2 unspecified atom stereocenters. The molecular formula is C10H14O4. The lowest BCUT2D eigenvalue weighted by molar-refractivity contribution is -0.151. The Morgan fingerprint density at radius 1 is 1.14 bits per heavy atom. The van der Waals surface area contributed by atoms with Crippen molar-refractivity contribution in [3.05, 3.63) is 0 Å². The second-order valence-corrected chi connectivity index (χ2v) is 4.41. The van der Waals surface area contributed by atoms with Crippen LogP contribution in [0.25, 0.3) is 0 Å². The monoisotopic (exact) mass is 198 g/mol. The fourth-order valence-electron chi connectivity index (χ4n) is 3.16. The third-order valence-electron chi connectivity index (χ3n) is 3.82. The lowest BCUT2D eigenvalue weighted by atomic mass is 9.97. The van der Waals surface area contributed by atoms with Crippen LogP contribution in [0.1, 0.15) is 32.1 Å². The predicted molar refractivity (Wildman–Crippen MR) is 47.8 cm³/mol. The lowest BCUT2D eigenvalue weighted by Crippen LogP contribution is -2.22. The third kappa shape index (κ3) is 1.13. The zero-order chi connectivity index (χ0) is 10.3. The minimum atomic E-state index is -0.984. The molecule has 14 heavy (non-hydrogen) atoms. The molecule has 2 aliphatic carbocycles. The van der Waals surface area contributed by atoms with Crippen LogP contribution in [0.5, 0.6) is 0 Å². The van der Waals surface area contributed by atoms with Crippen molar-refractivity contribution in [1.29, 1.82) is 0 Å². The molecule has 4 heteroatoms. The maximum Gasteiger partial charge on any atom is 0.310 e. The van der Waals surface area contributed by atoms with Crippen LogP contribution in [-0.2, 0) is 9.59 Å². The molecule has 2 N–H and O–H groups in total. The van der Waals surface area contributed by atoms with Crippen LogP contribution in [0.3, 0.4) is 0 Å². The quantitative estimate of drug-likeness (QED) is 0.717. The molecule has 4 nitrogen and oxygen atoms in total. The van der Waals surface area contributed by atoms with Crippen LogP contribution in [0.4, 0.5) is 0 Å². The van der Waals surface area contributed by atoms with Crippen molar-refractivity contribution in [2.24, 2.45) is 17.3 Å². The first-order valence-electron chi connectivity index (χ1n) is 5.04. The second kappa shape index (κ2) is 2.97. The van der Waals surface area contributed by atoms with Crippen molar-refractivity contribution in [2.75, 3.05) is 0 Å². The average Bonchev–Trinajstić information content (AvgIpc) is 2.75. The van der Waals surface area contributed by atoms with E-state index in [2.05, 4.69) is 0 Å². The van der Waals surface area contributed by atoms with Crippen LogP contribution in [-0.4, -0.2) is 22.2 Å². The predicted octanol–water partition coefficient (Wildman–Crippen LogP) is 1.35. The normalized spacial score (nSPS) is 40.0. The van der Waals surface area contributed by atoms with E-state index in [0.717, 1.165) is 25.7 Å². The number of aliphatic carboxylic acids is 2. The Hall–Kier alpha value is -1.06. The Labute approximate surface area is 81.9 Å². The van der Waals surface area contributed by atoms with E-state index in [-0.39, 0.29) is 18.3 Å². The molecule has 2 aliphatic rings. The van der Waals surface area contributed by atoms with Gasteiger partial charge in [0, 0.05) is 0 Å². The fraction of sp³-hybridized carbons (Fsp3) is 0.800. The van der Waals surface area contributed by atoms with Gasteiger partial charge in [-0.2, -0.15) is 0 Å². The summed E-state index contributed by atoms with van der Waals surface area (Å²) >= 11 is 0. The number of hydrogen-bond acceptors (Lipinski definition) is 2. The van der Waals surface area contributed by atoms with Crippen molar-refractivity contribution in [3.8, 4) is 0 Å². The first kappa shape index (κ1) is 9.49. The molecule has 0 aromatic carbocycles. The van der Waals surface area contributed by atoms with Gasteiger partial charge in [-0.1, -0.05) is 12.8 Å². The van der Waals surface area contributed by atoms with Gasteiger partial charge >= 0.3 is 11.9 Å². The zero-order valence-corrected chi connectivity index (χ0v) is 7.90. The summed E-state index contributed by atoms with van der Waals surface area (Å²) in [7, 11) is 0. The molecule has 0 aromatic heterocycles. The molecule has 2 rings (SSSR count). The van der Waals surface area contributed by atoms with Gasteiger partial charge < -0.3 is 10.2 Å². The van der Waals surface area contributed by atoms with Gasteiger partial charge in [-0.15, -0.1) is 0 Å². The summed E-state index contributed by atoms with van der Waals surface area (Å²) in [6.45, 7) is 0. The molecule has 0 saturated heterocycles. The highest BCUT2D eigenvalue weighted by Crippen LogP contribution is 2.67. The smallest absolute Gasteiger partial charge is 0.310 e. The van der Waals surface area contributed by atoms with Crippen LogP contribution >= 0.6 is 0 Å². The summed E-state index contributed by atoms with van der Waals surface area (Å²) in [4.78, 5) is 21.8. The van der Waals surface area contributed by atoms with Crippen LogP contribution < -0.4 is 0 Å². The van der Waals surface area contributed by atoms with Crippen molar-refractivity contribution < 1.29 is 19.8 Å². The second-order valence-electron chi connectivity index (χ2n) is 4.41. The van der Waals surface area contributed by atoms with Crippen LogP contribution in [0, 0.1) is 17.3 Å². The third-order valence-corrected chi connectivity index (χ3v) is 3.82. The highest BCUT2D eigenvalue weighted by atomic mass is 16.4. The number of fused-ring (bicyclic) bond motifs is 1. The molecule has 0 aromatic rings. The summed E-state index contributed by atoms with van der Waals surface area (Å²) in [5, 5.41) is 17.8. The topological polar surface area (TPSA) is 74.6 Å². The average molecular weight is 198 g/mol. The van der Waals surface area contributed by atoms with Crippen LogP contribution in [0.2, 0.25) is 0 Å². The minimum Gasteiger partial charge on any atom is -0.481 e. The molecular weight excluding hydrogens is 184 g/mol. The summed E-state index contributed by atoms with van der Waals surface area (Å²) in [6.07, 6.45) is 3.69. The van der Waals surface area contributed by atoms with E-state index in [1.165, 1.54) is 0 Å². The van der Waals surface area contributed by atoms with E-state index in [0.29, 0.717) is 0 Å². The maximum atomic E-state index is 11.1. The maximum absolute atomic E-state index is 11.1. The summed E-state index contributed by atoms with van der Waals surface area (Å²) in [5.74, 6) is -1.63. The largest absolute Gasteiger partial charge is 0.481 e.